The van der Waals surface area contributed by atoms with E-state index in [9.17, 15) is 8.78 Å². The molecule has 90 valence electrons. The number of alkyl halides is 2. The predicted octanol–water partition coefficient (Wildman–Crippen LogP) is 3.03. The molecule has 0 aromatic heterocycles. The van der Waals surface area contributed by atoms with Crippen molar-refractivity contribution < 1.29 is 18.3 Å². The van der Waals surface area contributed by atoms with Gasteiger partial charge in [-0.25, -0.2) is 8.78 Å². The van der Waals surface area contributed by atoms with Crippen LogP contribution in [0, 0.1) is 0 Å². The minimum Gasteiger partial charge on any atom is -0.495 e. The first-order valence-corrected chi connectivity index (χ1v) is 4.89. The van der Waals surface area contributed by atoms with Crippen LogP contribution in [0.4, 0.5) is 14.5 Å². The zero-order valence-corrected chi connectivity index (χ0v) is 9.65. The van der Waals surface area contributed by atoms with Crippen molar-refractivity contribution in [3.63, 3.8) is 0 Å². The van der Waals surface area contributed by atoms with Gasteiger partial charge in [0.25, 0.3) is 6.43 Å². The average Bonchev–Trinajstić information content (AvgIpc) is 2.26. The Balaban J connectivity index is 2.95. The third-order valence-electron chi connectivity index (χ3n) is 1.92. The first-order chi connectivity index (χ1) is 7.58. The number of rotatable bonds is 5. The summed E-state index contributed by atoms with van der Waals surface area (Å²) in [6, 6.07) is 3.03. The quantitative estimate of drug-likeness (QED) is 0.873. The van der Waals surface area contributed by atoms with Crippen molar-refractivity contribution in [3.8, 4) is 11.5 Å². The Hall–Kier alpha value is -1.23. The number of halogens is 3. The fraction of sp³-hybridized carbons (Fsp3) is 0.400. The van der Waals surface area contributed by atoms with Gasteiger partial charge >= 0.3 is 0 Å². The summed E-state index contributed by atoms with van der Waals surface area (Å²) in [6.45, 7) is -0.457. The second kappa shape index (κ2) is 5.75. The molecule has 0 fully saturated rings. The summed E-state index contributed by atoms with van der Waals surface area (Å²) in [5, 5.41) is 2.91. The second-order valence-corrected chi connectivity index (χ2v) is 3.37. The topological polar surface area (TPSA) is 30.5 Å². The average molecular weight is 252 g/mol. The van der Waals surface area contributed by atoms with Crippen LogP contribution >= 0.6 is 11.6 Å². The molecule has 6 heteroatoms. The van der Waals surface area contributed by atoms with Crippen LogP contribution in [0.5, 0.6) is 11.5 Å². The number of hydrogen-bond acceptors (Lipinski definition) is 3. The number of benzene rings is 1. The van der Waals surface area contributed by atoms with Crippen LogP contribution in [0.25, 0.3) is 0 Å². The maximum Gasteiger partial charge on any atom is 0.255 e. The van der Waals surface area contributed by atoms with Gasteiger partial charge in [-0.3, -0.25) is 0 Å². The van der Waals surface area contributed by atoms with Crippen molar-refractivity contribution in [2.75, 3.05) is 26.1 Å². The SMILES string of the molecule is COc1cc(NCC(F)F)c(OC)cc1Cl. The lowest BCUT2D eigenvalue weighted by molar-refractivity contribution is 0.163. The molecule has 3 nitrogen and oxygen atoms in total. The van der Waals surface area contributed by atoms with Gasteiger partial charge in [-0.05, 0) is 0 Å². The zero-order chi connectivity index (χ0) is 12.1. The highest BCUT2D eigenvalue weighted by Gasteiger charge is 2.11. The standard InChI is InChI=1S/C10H12ClF2NO2/c1-15-8-4-7(14-5-10(12)13)9(16-2)3-6(8)11/h3-4,10,14H,5H2,1-2H3. The first-order valence-electron chi connectivity index (χ1n) is 4.52. The lowest BCUT2D eigenvalue weighted by Crippen LogP contribution is -2.11. The van der Waals surface area contributed by atoms with Gasteiger partial charge in [-0.15, -0.1) is 0 Å². The normalized spacial score (nSPS) is 10.4. The Kier molecular flexibility index (Phi) is 4.61. The van der Waals surface area contributed by atoms with Gasteiger partial charge in [0, 0.05) is 12.1 Å². The van der Waals surface area contributed by atoms with Crippen LogP contribution in [0.2, 0.25) is 5.02 Å². The molecule has 0 unspecified atom stereocenters. The summed E-state index contributed by atoms with van der Waals surface area (Å²) in [7, 11) is 2.89. The predicted molar refractivity (Wildman–Crippen MR) is 59.0 cm³/mol. The molecule has 0 spiro atoms. The molecule has 0 saturated carbocycles. The summed E-state index contributed by atoms with van der Waals surface area (Å²) in [5.41, 5.74) is 0.420. The molecular weight excluding hydrogens is 240 g/mol. The van der Waals surface area contributed by atoms with Gasteiger partial charge in [0.2, 0.25) is 0 Å². The van der Waals surface area contributed by atoms with E-state index in [1.807, 2.05) is 0 Å². The number of methoxy groups -OCH3 is 2. The maximum atomic E-state index is 12.1. The molecule has 16 heavy (non-hydrogen) atoms. The molecule has 0 bridgehead atoms. The lowest BCUT2D eigenvalue weighted by atomic mass is 10.2. The highest BCUT2D eigenvalue weighted by atomic mass is 35.5. The van der Waals surface area contributed by atoms with E-state index in [0.717, 1.165) is 0 Å². The summed E-state index contributed by atoms with van der Waals surface area (Å²) in [6.07, 6.45) is -2.44. The van der Waals surface area contributed by atoms with Crippen LogP contribution in [0.15, 0.2) is 12.1 Å². The van der Waals surface area contributed by atoms with E-state index in [0.29, 0.717) is 22.2 Å². The fourth-order valence-electron chi connectivity index (χ4n) is 1.19. The molecule has 1 aromatic rings. The molecule has 0 heterocycles. The first kappa shape index (κ1) is 12.8. The van der Waals surface area contributed by atoms with E-state index in [-0.39, 0.29) is 0 Å². The molecule has 1 N–H and O–H groups in total. The molecule has 0 saturated heterocycles. The molecule has 0 aliphatic rings. The molecule has 0 amide bonds. The molecule has 0 aliphatic carbocycles. The van der Waals surface area contributed by atoms with Crippen LogP contribution in [-0.4, -0.2) is 27.2 Å². The number of nitrogens with one attached hydrogen (secondary N) is 1. The summed E-state index contributed by atoms with van der Waals surface area (Å²) < 4.78 is 34.1. The van der Waals surface area contributed by atoms with E-state index in [2.05, 4.69) is 5.32 Å². The summed E-state index contributed by atoms with van der Waals surface area (Å²) in [5.74, 6) is 0.797. The highest BCUT2D eigenvalue weighted by Crippen LogP contribution is 2.35. The minimum absolute atomic E-state index is 0.363. The molecular formula is C10H12ClF2NO2. The minimum atomic E-state index is -2.44. The number of ether oxygens (including phenoxy) is 2. The van der Waals surface area contributed by atoms with Gasteiger partial charge in [-0.2, -0.15) is 0 Å². The van der Waals surface area contributed by atoms with Gasteiger partial charge in [0.15, 0.2) is 0 Å². The third-order valence-corrected chi connectivity index (χ3v) is 2.22. The molecule has 0 aliphatic heterocycles. The van der Waals surface area contributed by atoms with Gasteiger partial charge < -0.3 is 14.8 Å². The largest absolute Gasteiger partial charge is 0.495 e. The van der Waals surface area contributed by atoms with E-state index in [1.165, 1.54) is 26.4 Å². The van der Waals surface area contributed by atoms with Crippen LogP contribution in [0.1, 0.15) is 0 Å². The monoisotopic (exact) mass is 251 g/mol. The van der Waals surface area contributed by atoms with Crippen LogP contribution in [0.3, 0.4) is 0 Å². The third kappa shape index (κ3) is 3.13. The van der Waals surface area contributed by atoms with Gasteiger partial charge in [0.05, 0.1) is 31.5 Å². The van der Waals surface area contributed by atoms with Gasteiger partial charge in [0.1, 0.15) is 11.5 Å². The Morgan fingerprint density at radius 2 is 1.88 bits per heavy atom. The van der Waals surface area contributed by atoms with E-state index < -0.39 is 13.0 Å². The van der Waals surface area contributed by atoms with Gasteiger partial charge in [-0.1, -0.05) is 11.6 Å². The van der Waals surface area contributed by atoms with E-state index in [4.69, 9.17) is 21.1 Å². The second-order valence-electron chi connectivity index (χ2n) is 2.96. The summed E-state index contributed by atoms with van der Waals surface area (Å²) >= 11 is 5.86. The van der Waals surface area contributed by atoms with E-state index in [1.54, 1.807) is 0 Å². The van der Waals surface area contributed by atoms with Crippen molar-refractivity contribution in [2.45, 2.75) is 6.43 Å². The Bertz CT molecular complexity index is 361. The molecule has 0 atom stereocenters. The van der Waals surface area contributed by atoms with Crippen molar-refractivity contribution in [3.05, 3.63) is 17.2 Å². The van der Waals surface area contributed by atoms with Crippen LogP contribution in [-0.2, 0) is 0 Å². The van der Waals surface area contributed by atoms with E-state index >= 15 is 0 Å². The molecule has 1 aromatic carbocycles. The Morgan fingerprint density at radius 1 is 1.25 bits per heavy atom. The van der Waals surface area contributed by atoms with Crippen molar-refractivity contribution in [1.29, 1.82) is 0 Å². The highest BCUT2D eigenvalue weighted by molar-refractivity contribution is 6.32. The Morgan fingerprint density at radius 3 is 2.38 bits per heavy atom. The smallest absolute Gasteiger partial charge is 0.255 e. The molecule has 1 rings (SSSR count). The van der Waals surface area contributed by atoms with Crippen molar-refractivity contribution >= 4 is 17.3 Å². The zero-order valence-electron chi connectivity index (χ0n) is 8.89. The number of hydrogen-bond donors (Lipinski definition) is 1. The Labute approximate surface area is 97.3 Å². The number of anilines is 1. The lowest BCUT2D eigenvalue weighted by Gasteiger charge is -2.13. The summed E-state index contributed by atoms with van der Waals surface area (Å²) in [4.78, 5) is 0. The van der Waals surface area contributed by atoms with Crippen molar-refractivity contribution in [2.24, 2.45) is 0 Å². The fourth-order valence-corrected chi connectivity index (χ4v) is 1.42. The van der Waals surface area contributed by atoms with Crippen LogP contribution < -0.4 is 14.8 Å². The van der Waals surface area contributed by atoms with Crippen molar-refractivity contribution in [1.82, 2.24) is 0 Å². The maximum absolute atomic E-state index is 12.1. The molecule has 0 radical (unpaired) electrons.